The Morgan fingerprint density at radius 1 is 1.10 bits per heavy atom. The maximum atomic E-state index is 5.78. The van der Waals surface area contributed by atoms with E-state index in [1.165, 1.54) is 0 Å². The van der Waals surface area contributed by atoms with Crippen molar-refractivity contribution in [3.63, 3.8) is 0 Å². The Hall–Kier alpha value is -2.93. The summed E-state index contributed by atoms with van der Waals surface area (Å²) in [6, 6.07) is 11.2. The van der Waals surface area contributed by atoms with E-state index in [2.05, 4.69) is 20.4 Å². The number of nitrogens with one attached hydrogen (secondary N) is 1. The van der Waals surface area contributed by atoms with E-state index in [9.17, 15) is 0 Å². The smallest absolute Gasteiger partial charge is 0.226 e. The van der Waals surface area contributed by atoms with Gasteiger partial charge in [0.25, 0.3) is 0 Å². The average Bonchev–Trinajstić information content (AvgIpc) is 2.47. The van der Waals surface area contributed by atoms with Crippen LogP contribution in [0.5, 0.6) is 11.6 Å². The number of anilines is 2. The summed E-state index contributed by atoms with van der Waals surface area (Å²) in [7, 11) is 0. The summed E-state index contributed by atoms with van der Waals surface area (Å²) in [6.45, 7) is 1.93. The van der Waals surface area contributed by atoms with Crippen molar-refractivity contribution < 1.29 is 4.74 Å². The standard InChI is InChI=1S/C14H14N6O/c1-8-5-6-9-3-2-4-10(13(9)17-8)21-12-7-11(20-16)18-14(15)19-12/h2-7H,16H2,1H3,(H3,15,18,19,20). The highest BCUT2D eigenvalue weighted by Gasteiger charge is 2.08. The minimum Gasteiger partial charge on any atom is -0.436 e. The van der Waals surface area contributed by atoms with Crippen molar-refractivity contribution in [2.45, 2.75) is 6.92 Å². The van der Waals surface area contributed by atoms with Crippen molar-refractivity contribution in [1.29, 1.82) is 0 Å². The summed E-state index contributed by atoms with van der Waals surface area (Å²) in [6.07, 6.45) is 0. The second-order valence-electron chi connectivity index (χ2n) is 4.48. The molecule has 1 aromatic carbocycles. The van der Waals surface area contributed by atoms with Crippen LogP contribution in [0, 0.1) is 6.92 Å². The molecule has 0 fully saturated rings. The Kier molecular flexibility index (Phi) is 3.25. The van der Waals surface area contributed by atoms with Crippen molar-refractivity contribution in [2.24, 2.45) is 5.84 Å². The molecular weight excluding hydrogens is 268 g/mol. The molecule has 0 radical (unpaired) electrons. The van der Waals surface area contributed by atoms with Gasteiger partial charge in [-0.15, -0.1) is 0 Å². The predicted molar refractivity (Wildman–Crippen MR) is 80.8 cm³/mol. The molecule has 2 heterocycles. The van der Waals surface area contributed by atoms with Gasteiger partial charge in [-0.05, 0) is 19.1 Å². The first-order valence-corrected chi connectivity index (χ1v) is 6.31. The normalized spacial score (nSPS) is 10.6. The fraction of sp³-hybridized carbons (Fsp3) is 0.0714. The van der Waals surface area contributed by atoms with Crippen LogP contribution in [-0.2, 0) is 0 Å². The highest BCUT2D eigenvalue weighted by molar-refractivity contribution is 5.84. The largest absolute Gasteiger partial charge is 0.436 e. The third kappa shape index (κ3) is 2.67. The first-order chi connectivity index (χ1) is 10.2. The topological polar surface area (TPSA) is 112 Å². The molecule has 106 valence electrons. The number of hydrogen-bond donors (Lipinski definition) is 3. The molecule has 0 atom stereocenters. The summed E-state index contributed by atoms with van der Waals surface area (Å²) in [4.78, 5) is 12.4. The maximum Gasteiger partial charge on any atom is 0.226 e. The van der Waals surface area contributed by atoms with Crippen molar-refractivity contribution in [3.8, 4) is 11.6 Å². The van der Waals surface area contributed by atoms with E-state index in [1.807, 2.05) is 37.3 Å². The Morgan fingerprint density at radius 3 is 2.76 bits per heavy atom. The number of aromatic nitrogens is 3. The zero-order valence-electron chi connectivity index (χ0n) is 11.4. The SMILES string of the molecule is Cc1ccc2cccc(Oc3cc(NN)nc(N)n3)c2n1. The van der Waals surface area contributed by atoms with Crippen LogP contribution < -0.4 is 21.7 Å². The number of nitrogens with zero attached hydrogens (tertiary/aromatic N) is 3. The van der Waals surface area contributed by atoms with E-state index in [-0.39, 0.29) is 5.95 Å². The first kappa shape index (κ1) is 13.1. The van der Waals surface area contributed by atoms with E-state index in [1.54, 1.807) is 6.07 Å². The number of hydrogen-bond acceptors (Lipinski definition) is 7. The molecule has 0 bridgehead atoms. The van der Waals surface area contributed by atoms with Gasteiger partial charge in [0, 0.05) is 17.1 Å². The van der Waals surface area contributed by atoms with Gasteiger partial charge < -0.3 is 15.9 Å². The molecule has 0 saturated carbocycles. The molecule has 0 aliphatic carbocycles. The van der Waals surface area contributed by atoms with Crippen LogP contribution >= 0.6 is 0 Å². The van der Waals surface area contributed by atoms with Gasteiger partial charge in [-0.1, -0.05) is 18.2 Å². The van der Waals surface area contributed by atoms with Crippen LogP contribution in [0.1, 0.15) is 5.69 Å². The lowest BCUT2D eigenvalue weighted by atomic mass is 10.2. The molecule has 0 aliphatic heterocycles. The molecule has 0 spiro atoms. The van der Waals surface area contributed by atoms with Crippen LogP contribution in [0.4, 0.5) is 11.8 Å². The van der Waals surface area contributed by atoms with Gasteiger partial charge in [0.05, 0.1) is 0 Å². The van der Waals surface area contributed by atoms with Crippen molar-refractivity contribution >= 4 is 22.7 Å². The number of para-hydroxylation sites is 1. The number of aryl methyl sites for hydroxylation is 1. The van der Waals surface area contributed by atoms with Gasteiger partial charge in [0.2, 0.25) is 11.8 Å². The van der Waals surface area contributed by atoms with Crippen LogP contribution in [0.25, 0.3) is 10.9 Å². The number of nitrogen functional groups attached to an aromatic ring is 2. The van der Waals surface area contributed by atoms with Gasteiger partial charge in [-0.2, -0.15) is 9.97 Å². The van der Waals surface area contributed by atoms with Crippen LogP contribution in [0.3, 0.4) is 0 Å². The molecular formula is C14H14N6O. The van der Waals surface area contributed by atoms with Crippen LogP contribution in [0.15, 0.2) is 36.4 Å². The Balaban J connectivity index is 2.05. The third-order valence-corrected chi connectivity index (χ3v) is 2.90. The Labute approximate surface area is 121 Å². The first-order valence-electron chi connectivity index (χ1n) is 6.31. The molecule has 5 N–H and O–H groups in total. The number of hydrazine groups is 1. The molecule has 0 amide bonds. The Morgan fingerprint density at radius 2 is 1.95 bits per heavy atom. The number of nitrogens with two attached hydrogens (primary N) is 2. The highest BCUT2D eigenvalue weighted by atomic mass is 16.5. The zero-order chi connectivity index (χ0) is 14.8. The second kappa shape index (κ2) is 5.22. The van der Waals surface area contributed by atoms with Crippen LogP contribution in [-0.4, -0.2) is 15.0 Å². The molecule has 3 rings (SSSR count). The molecule has 3 aromatic rings. The zero-order valence-corrected chi connectivity index (χ0v) is 11.4. The fourth-order valence-electron chi connectivity index (χ4n) is 1.98. The molecule has 0 aliphatic rings. The number of pyridine rings is 1. The number of rotatable bonds is 3. The van der Waals surface area contributed by atoms with Gasteiger partial charge in [0.1, 0.15) is 11.3 Å². The molecule has 0 saturated heterocycles. The van der Waals surface area contributed by atoms with E-state index in [4.69, 9.17) is 16.3 Å². The summed E-state index contributed by atoms with van der Waals surface area (Å²) in [5, 5.41) is 0.984. The summed E-state index contributed by atoms with van der Waals surface area (Å²) >= 11 is 0. The van der Waals surface area contributed by atoms with Crippen molar-refractivity contribution in [2.75, 3.05) is 11.2 Å². The Bertz CT molecular complexity index is 805. The van der Waals surface area contributed by atoms with Gasteiger partial charge in [-0.25, -0.2) is 10.8 Å². The van der Waals surface area contributed by atoms with Crippen molar-refractivity contribution in [1.82, 2.24) is 15.0 Å². The number of benzene rings is 1. The monoisotopic (exact) mass is 282 g/mol. The molecule has 21 heavy (non-hydrogen) atoms. The van der Waals surface area contributed by atoms with Gasteiger partial charge >= 0.3 is 0 Å². The second-order valence-corrected chi connectivity index (χ2v) is 4.48. The maximum absolute atomic E-state index is 5.78. The molecule has 7 heteroatoms. The van der Waals surface area contributed by atoms with E-state index in [0.29, 0.717) is 17.4 Å². The highest BCUT2D eigenvalue weighted by Crippen LogP contribution is 2.28. The van der Waals surface area contributed by atoms with E-state index >= 15 is 0 Å². The predicted octanol–water partition coefficient (Wildman–Crippen LogP) is 1.99. The van der Waals surface area contributed by atoms with Crippen LogP contribution in [0.2, 0.25) is 0 Å². The summed E-state index contributed by atoms with van der Waals surface area (Å²) in [5.41, 5.74) is 9.69. The van der Waals surface area contributed by atoms with E-state index < -0.39 is 0 Å². The quantitative estimate of drug-likeness (QED) is 0.497. The minimum atomic E-state index is 0.0739. The third-order valence-electron chi connectivity index (χ3n) is 2.90. The lowest BCUT2D eigenvalue weighted by Gasteiger charge is -2.09. The molecule has 0 unspecified atom stereocenters. The minimum absolute atomic E-state index is 0.0739. The average molecular weight is 282 g/mol. The lowest BCUT2D eigenvalue weighted by Crippen LogP contribution is -2.10. The summed E-state index contributed by atoms with van der Waals surface area (Å²) < 4.78 is 5.78. The van der Waals surface area contributed by atoms with Crippen molar-refractivity contribution in [3.05, 3.63) is 42.1 Å². The van der Waals surface area contributed by atoms with E-state index in [0.717, 1.165) is 16.6 Å². The summed E-state index contributed by atoms with van der Waals surface area (Å²) in [5.74, 6) is 6.67. The number of fused-ring (bicyclic) bond motifs is 1. The number of ether oxygens (including phenoxy) is 1. The van der Waals surface area contributed by atoms with Gasteiger partial charge in [0.15, 0.2) is 5.75 Å². The lowest BCUT2D eigenvalue weighted by molar-refractivity contribution is 0.467. The fourth-order valence-corrected chi connectivity index (χ4v) is 1.98. The molecule has 7 nitrogen and oxygen atoms in total. The molecule has 2 aromatic heterocycles. The van der Waals surface area contributed by atoms with Gasteiger partial charge in [-0.3, -0.25) is 0 Å².